The van der Waals surface area contributed by atoms with Gasteiger partial charge in [0.2, 0.25) is 0 Å². The molecule has 0 aromatic heterocycles. The van der Waals surface area contributed by atoms with Gasteiger partial charge in [-0.3, -0.25) is 0 Å². The van der Waals surface area contributed by atoms with Gasteiger partial charge in [-0.2, -0.15) is 0 Å². The molecule has 8 N–H and O–H groups in total. The Balaban J connectivity index is 4.17. The van der Waals surface area contributed by atoms with Gasteiger partial charge >= 0.3 is 0 Å². The Kier molecular flexibility index (Phi) is 7.07. The lowest BCUT2D eigenvalue weighted by Gasteiger charge is -2.34. The molecule has 0 amide bonds. The van der Waals surface area contributed by atoms with Crippen LogP contribution in [0.25, 0.3) is 0 Å². The first kappa shape index (κ1) is 17.2. The van der Waals surface area contributed by atoms with Crippen LogP contribution in [0.2, 0.25) is 38.3 Å². The number of hydrogen-bond acceptors (Lipinski definition) is 5. The van der Waals surface area contributed by atoms with Crippen molar-refractivity contribution in [3.8, 4) is 0 Å². The van der Waals surface area contributed by atoms with Gasteiger partial charge in [-0.05, 0) is 51.1 Å². The van der Waals surface area contributed by atoms with Gasteiger partial charge in [0, 0.05) is 0 Å². The Morgan fingerprint density at radius 2 is 1.06 bits per heavy atom. The summed E-state index contributed by atoms with van der Waals surface area (Å²) in [5, 5.41) is 0. The van der Waals surface area contributed by atoms with E-state index in [-0.39, 0.29) is 12.3 Å². The molecule has 0 atom stereocenters. The molecule has 0 bridgehead atoms. The highest BCUT2D eigenvalue weighted by molar-refractivity contribution is 6.84. The molecule has 0 radical (unpaired) electrons. The molecule has 0 aliphatic rings. The SMILES string of the molecule is C[Si](C)(CCC(N)N)O[Si](C)(C)CCC(N)N. The highest BCUT2D eigenvalue weighted by Gasteiger charge is 2.32. The van der Waals surface area contributed by atoms with Crippen molar-refractivity contribution in [3.05, 3.63) is 0 Å². The van der Waals surface area contributed by atoms with Crippen molar-refractivity contribution in [3.63, 3.8) is 0 Å². The highest BCUT2D eigenvalue weighted by atomic mass is 28.4. The minimum Gasteiger partial charge on any atom is -0.455 e. The van der Waals surface area contributed by atoms with Crippen molar-refractivity contribution in [1.82, 2.24) is 0 Å². The van der Waals surface area contributed by atoms with Crippen LogP contribution in [-0.2, 0) is 4.12 Å². The molecule has 0 aliphatic carbocycles. The Morgan fingerprint density at radius 1 is 0.765 bits per heavy atom. The summed E-state index contributed by atoms with van der Waals surface area (Å²) in [7, 11) is -3.31. The minimum atomic E-state index is -1.65. The Bertz CT molecular complexity index is 200. The third-order valence-corrected chi connectivity index (χ3v) is 10.1. The monoisotopic (exact) mass is 278 g/mol. The topological polar surface area (TPSA) is 113 Å². The summed E-state index contributed by atoms with van der Waals surface area (Å²) < 4.78 is 6.38. The zero-order chi connectivity index (χ0) is 13.7. The molecule has 0 rings (SSSR count). The molecule has 0 heterocycles. The summed E-state index contributed by atoms with van der Waals surface area (Å²) in [5.74, 6) is 0. The summed E-state index contributed by atoms with van der Waals surface area (Å²) in [6.45, 7) is 8.91. The molecule has 5 nitrogen and oxygen atoms in total. The summed E-state index contributed by atoms with van der Waals surface area (Å²) in [6, 6.07) is 2.02. The third kappa shape index (κ3) is 9.89. The van der Waals surface area contributed by atoms with E-state index in [1.165, 1.54) is 0 Å². The maximum absolute atomic E-state index is 6.38. The number of rotatable bonds is 8. The molecule has 0 spiro atoms. The summed E-state index contributed by atoms with van der Waals surface area (Å²) in [5.41, 5.74) is 22.3. The zero-order valence-electron chi connectivity index (χ0n) is 11.7. The van der Waals surface area contributed by atoms with Gasteiger partial charge in [-0.1, -0.05) is 0 Å². The van der Waals surface area contributed by atoms with Gasteiger partial charge in [0.15, 0.2) is 16.6 Å². The molecule has 0 unspecified atom stereocenters. The first-order chi connectivity index (χ1) is 7.54. The average molecular weight is 279 g/mol. The van der Waals surface area contributed by atoms with Crippen LogP contribution in [-0.4, -0.2) is 29.0 Å². The predicted molar refractivity (Wildman–Crippen MR) is 79.2 cm³/mol. The van der Waals surface area contributed by atoms with Crippen LogP contribution in [0.5, 0.6) is 0 Å². The van der Waals surface area contributed by atoms with E-state index in [4.69, 9.17) is 27.0 Å². The molecule has 0 saturated carbocycles. The average Bonchev–Trinajstić information content (AvgIpc) is 2.10. The molecular formula is C10H30N4OSi2. The lowest BCUT2D eigenvalue weighted by atomic mass is 10.4. The van der Waals surface area contributed by atoms with E-state index in [9.17, 15) is 0 Å². The first-order valence-corrected chi connectivity index (χ1v) is 12.5. The quantitative estimate of drug-likeness (QED) is 0.385. The van der Waals surface area contributed by atoms with Crippen molar-refractivity contribution in [2.75, 3.05) is 0 Å². The van der Waals surface area contributed by atoms with Crippen LogP contribution in [0.1, 0.15) is 12.8 Å². The maximum atomic E-state index is 6.38. The van der Waals surface area contributed by atoms with Gasteiger partial charge in [-0.25, -0.2) is 0 Å². The molecule has 7 heteroatoms. The fourth-order valence-electron chi connectivity index (χ4n) is 1.88. The largest absolute Gasteiger partial charge is 0.455 e. The number of nitrogens with two attached hydrogens (primary N) is 4. The third-order valence-electron chi connectivity index (χ3n) is 2.71. The van der Waals surface area contributed by atoms with Crippen molar-refractivity contribution >= 4 is 16.6 Å². The zero-order valence-corrected chi connectivity index (χ0v) is 13.7. The van der Waals surface area contributed by atoms with Crippen LogP contribution in [0.4, 0.5) is 0 Å². The van der Waals surface area contributed by atoms with Gasteiger partial charge < -0.3 is 27.0 Å². The highest BCUT2D eigenvalue weighted by Crippen LogP contribution is 2.23. The molecule has 104 valence electrons. The molecule has 0 aliphatic heterocycles. The van der Waals surface area contributed by atoms with E-state index in [0.717, 1.165) is 24.9 Å². The van der Waals surface area contributed by atoms with Crippen LogP contribution in [0.3, 0.4) is 0 Å². The van der Waals surface area contributed by atoms with E-state index in [2.05, 4.69) is 26.2 Å². The van der Waals surface area contributed by atoms with Crippen molar-refractivity contribution in [2.45, 2.75) is 63.4 Å². The lowest BCUT2D eigenvalue weighted by molar-refractivity contribution is 0.516. The standard InChI is InChI=1S/C10H30N4OSi2/c1-16(2,7-5-9(11)12)15-17(3,4)8-6-10(13)14/h9-10H,5-8,11-14H2,1-4H3. The Morgan fingerprint density at radius 3 is 1.29 bits per heavy atom. The van der Waals surface area contributed by atoms with Crippen molar-refractivity contribution in [2.24, 2.45) is 22.9 Å². The minimum absolute atomic E-state index is 0.229. The van der Waals surface area contributed by atoms with Gasteiger partial charge in [-0.15, -0.1) is 0 Å². The normalized spacial score (nSPS) is 13.8. The van der Waals surface area contributed by atoms with Crippen LogP contribution >= 0.6 is 0 Å². The van der Waals surface area contributed by atoms with E-state index >= 15 is 0 Å². The van der Waals surface area contributed by atoms with Crippen LogP contribution in [0.15, 0.2) is 0 Å². The van der Waals surface area contributed by atoms with E-state index in [1.54, 1.807) is 0 Å². The van der Waals surface area contributed by atoms with Gasteiger partial charge in [0.05, 0.1) is 12.3 Å². The summed E-state index contributed by atoms with van der Waals surface area (Å²) in [6.07, 6.45) is 1.21. The molecule has 0 aromatic carbocycles. The lowest BCUT2D eigenvalue weighted by Crippen LogP contribution is -2.46. The summed E-state index contributed by atoms with van der Waals surface area (Å²) in [4.78, 5) is 0. The maximum Gasteiger partial charge on any atom is 0.173 e. The van der Waals surface area contributed by atoms with Gasteiger partial charge in [0.25, 0.3) is 0 Å². The van der Waals surface area contributed by atoms with Crippen molar-refractivity contribution < 1.29 is 4.12 Å². The fourth-order valence-corrected chi connectivity index (χ4v) is 10.7. The fraction of sp³-hybridized carbons (Fsp3) is 1.00. The molecule has 0 aromatic rings. The van der Waals surface area contributed by atoms with E-state index < -0.39 is 16.6 Å². The van der Waals surface area contributed by atoms with Crippen LogP contribution < -0.4 is 22.9 Å². The molecule has 17 heavy (non-hydrogen) atoms. The second-order valence-electron chi connectivity index (χ2n) is 6.03. The second kappa shape index (κ2) is 6.98. The van der Waals surface area contributed by atoms with Crippen molar-refractivity contribution in [1.29, 1.82) is 0 Å². The first-order valence-electron chi connectivity index (χ1n) is 6.27. The van der Waals surface area contributed by atoms with Crippen LogP contribution in [0, 0.1) is 0 Å². The Labute approximate surface area is 108 Å². The molecule has 0 saturated heterocycles. The smallest absolute Gasteiger partial charge is 0.173 e. The molecular weight excluding hydrogens is 248 g/mol. The summed E-state index contributed by atoms with van der Waals surface area (Å²) >= 11 is 0. The second-order valence-corrected chi connectivity index (χ2v) is 14.9. The molecule has 0 fully saturated rings. The Hall–Kier alpha value is 0.234. The van der Waals surface area contributed by atoms with E-state index in [0.29, 0.717) is 0 Å². The predicted octanol–water partition coefficient (Wildman–Crippen LogP) is 0.680. The number of hydrogen-bond donors (Lipinski definition) is 4. The van der Waals surface area contributed by atoms with E-state index in [1.807, 2.05) is 0 Å². The van der Waals surface area contributed by atoms with Gasteiger partial charge in [0.1, 0.15) is 0 Å².